The highest BCUT2D eigenvalue weighted by molar-refractivity contribution is 6.30. The van der Waals surface area contributed by atoms with Crippen molar-refractivity contribution in [1.82, 2.24) is 0 Å². The van der Waals surface area contributed by atoms with Crippen LogP contribution in [-0.4, -0.2) is 6.61 Å². The first-order valence-electron chi connectivity index (χ1n) is 7.54. The van der Waals surface area contributed by atoms with Gasteiger partial charge in [0.05, 0.1) is 18.3 Å². The largest absolute Gasteiger partial charge is 0.491 e. The van der Waals surface area contributed by atoms with Crippen molar-refractivity contribution in [3.05, 3.63) is 58.6 Å². The molecular weight excluding hydrogens is 282 g/mol. The van der Waals surface area contributed by atoms with Gasteiger partial charge in [0.2, 0.25) is 0 Å². The third kappa shape index (κ3) is 3.16. The molecule has 0 radical (unpaired) electrons. The highest BCUT2D eigenvalue weighted by atomic mass is 35.5. The van der Waals surface area contributed by atoms with Crippen LogP contribution in [0.15, 0.2) is 42.5 Å². The minimum Gasteiger partial charge on any atom is -0.491 e. The van der Waals surface area contributed by atoms with E-state index in [2.05, 4.69) is 30.4 Å². The van der Waals surface area contributed by atoms with E-state index in [9.17, 15) is 0 Å². The summed E-state index contributed by atoms with van der Waals surface area (Å²) in [7, 11) is 0. The summed E-state index contributed by atoms with van der Waals surface area (Å²) in [6.07, 6.45) is 3.18. The van der Waals surface area contributed by atoms with Gasteiger partial charge in [0.1, 0.15) is 5.75 Å². The van der Waals surface area contributed by atoms with Crippen LogP contribution in [0.5, 0.6) is 5.75 Å². The summed E-state index contributed by atoms with van der Waals surface area (Å²) in [4.78, 5) is 0. The fraction of sp³-hybridized carbons (Fsp3) is 0.333. The first-order valence-corrected chi connectivity index (χ1v) is 7.92. The van der Waals surface area contributed by atoms with Crippen molar-refractivity contribution in [2.45, 2.75) is 32.2 Å². The number of rotatable bonds is 5. The summed E-state index contributed by atoms with van der Waals surface area (Å²) in [5.41, 5.74) is 3.77. The van der Waals surface area contributed by atoms with Crippen LogP contribution in [0.4, 0.5) is 5.69 Å². The third-order valence-electron chi connectivity index (χ3n) is 3.86. The van der Waals surface area contributed by atoms with Crippen molar-refractivity contribution < 1.29 is 4.74 Å². The van der Waals surface area contributed by atoms with Gasteiger partial charge in [-0.2, -0.15) is 0 Å². The molecule has 1 aliphatic carbocycles. The topological polar surface area (TPSA) is 21.3 Å². The van der Waals surface area contributed by atoms with E-state index in [1.165, 1.54) is 11.1 Å². The molecule has 1 unspecified atom stereocenters. The molecule has 1 atom stereocenters. The molecule has 1 N–H and O–H groups in total. The second kappa shape index (κ2) is 6.40. The van der Waals surface area contributed by atoms with Crippen LogP contribution in [0.1, 0.15) is 36.9 Å². The first-order chi connectivity index (χ1) is 10.3. The fourth-order valence-electron chi connectivity index (χ4n) is 2.85. The molecule has 0 bridgehead atoms. The molecule has 0 saturated heterocycles. The SMILES string of the molecule is CCCOc1ccccc1NC1CCc2cc(Cl)ccc21. The van der Waals surface area contributed by atoms with Crippen LogP contribution in [-0.2, 0) is 6.42 Å². The van der Waals surface area contributed by atoms with E-state index in [-0.39, 0.29) is 0 Å². The van der Waals surface area contributed by atoms with Gasteiger partial charge in [0.15, 0.2) is 0 Å². The van der Waals surface area contributed by atoms with E-state index in [4.69, 9.17) is 16.3 Å². The maximum Gasteiger partial charge on any atom is 0.142 e. The van der Waals surface area contributed by atoms with E-state index >= 15 is 0 Å². The number of hydrogen-bond donors (Lipinski definition) is 1. The molecular formula is C18H20ClNO. The van der Waals surface area contributed by atoms with E-state index in [1.54, 1.807) is 0 Å². The Morgan fingerprint density at radius 3 is 2.95 bits per heavy atom. The molecule has 2 aromatic carbocycles. The minimum absolute atomic E-state index is 0.337. The number of aryl methyl sites for hydroxylation is 1. The van der Waals surface area contributed by atoms with Crippen molar-refractivity contribution in [3.8, 4) is 5.75 Å². The second-order valence-corrected chi connectivity index (χ2v) is 5.86. The highest BCUT2D eigenvalue weighted by Crippen LogP contribution is 2.37. The Morgan fingerprint density at radius 1 is 1.24 bits per heavy atom. The summed E-state index contributed by atoms with van der Waals surface area (Å²) in [6, 6.07) is 14.7. The molecule has 0 aliphatic heterocycles. The van der Waals surface area contributed by atoms with Gasteiger partial charge in [0, 0.05) is 5.02 Å². The molecule has 0 heterocycles. The van der Waals surface area contributed by atoms with Crippen molar-refractivity contribution in [2.24, 2.45) is 0 Å². The molecule has 3 heteroatoms. The number of nitrogens with one attached hydrogen (secondary N) is 1. The monoisotopic (exact) mass is 301 g/mol. The molecule has 2 aromatic rings. The zero-order valence-electron chi connectivity index (χ0n) is 12.2. The summed E-state index contributed by atoms with van der Waals surface area (Å²) in [5.74, 6) is 0.932. The van der Waals surface area contributed by atoms with E-state index < -0.39 is 0 Å². The summed E-state index contributed by atoms with van der Waals surface area (Å²) < 4.78 is 5.82. The molecule has 3 rings (SSSR count). The van der Waals surface area contributed by atoms with Crippen LogP contribution in [0.3, 0.4) is 0 Å². The average Bonchev–Trinajstić information content (AvgIpc) is 2.88. The Bertz CT molecular complexity index is 626. The van der Waals surface area contributed by atoms with Crippen LogP contribution in [0.2, 0.25) is 5.02 Å². The molecule has 0 fully saturated rings. The smallest absolute Gasteiger partial charge is 0.142 e. The Kier molecular flexibility index (Phi) is 4.35. The quantitative estimate of drug-likeness (QED) is 0.816. The lowest BCUT2D eigenvalue weighted by atomic mass is 10.1. The molecule has 0 aromatic heterocycles. The lowest BCUT2D eigenvalue weighted by Gasteiger charge is -2.18. The Labute approximate surface area is 131 Å². The predicted molar refractivity (Wildman–Crippen MR) is 88.4 cm³/mol. The lowest BCUT2D eigenvalue weighted by Crippen LogP contribution is -2.09. The van der Waals surface area contributed by atoms with Crippen LogP contribution >= 0.6 is 11.6 Å². The van der Waals surface area contributed by atoms with Crippen molar-refractivity contribution in [3.63, 3.8) is 0 Å². The molecule has 0 spiro atoms. The zero-order valence-corrected chi connectivity index (χ0v) is 13.0. The van der Waals surface area contributed by atoms with E-state index in [0.29, 0.717) is 6.04 Å². The van der Waals surface area contributed by atoms with Gasteiger partial charge >= 0.3 is 0 Å². The summed E-state index contributed by atoms with van der Waals surface area (Å²) in [6.45, 7) is 2.86. The van der Waals surface area contributed by atoms with Gasteiger partial charge < -0.3 is 10.1 Å². The van der Waals surface area contributed by atoms with Crippen LogP contribution < -0.4 is 10.1 Å². The highest BCUT2D eigenvalue weighted by Gasteiger charge is 2.23. The molecule has 2 nitrogen and oxygen atoms in total. The lowest BCUT2D eigenvalue weighted by molar-refractivity contribution is 0.318. The number of para-hydroxylation sites is 2. The number of ether oxygens (including phenoxy) is 1. The molecule has 110 valence electrons. The first kappa shape index (κ1) is 14.3. The van der Waals surface area contributed by atoms with Gasteiger partial charge in [0.25, 0.3) is 0 Å². The van der Waals surface area contributed by atoms with E-state index in [0.717, 1.165) is 42.3 Å². The number of fused-ring (bicyclic) bond motifs is 1. The number of hydrogen-bond acceptors (Lipinski definition) is 2. The van der Waals surface area contributed by atoms with Gasteiger partial charge in [-0.3, -0.25) is 0 Å². The normalized spacial score (nSPS) is 16.6. The summed E-state index contributed by atoms with van der Waals surface area (Å²) in [5, 5.41) is 4.45. The number of anilines is 1. The maximum absolute atomic E-state index is 6.07. The Morgan fingerprint density at radius 2 is 2.10 bits per heavy atom. The van der Waals surface area contributed by atoms with E-state index in [1.807, 2.05) is 24.3 Å². The fourth-order valence-corrected chi connectivity index (χ4v) is 3.04. The Balaban J connectivity index is 1.80. The Hall–Kier alpha value is -1.67. The zero-order chi connectivity index (χ0) is 14.7. The second-order valence-electron chi connectivity index (χ2n) is 5.42. The third-order valence-corrected chi connectivity index (χ3v) is 4.10. The molecule has 21 heavy (non-hydrogen) atoms. The average molecular weight is 302 g/mol. The van der Waals surface area contributed by atoms with Crippen LogP contribution in [0.25, 0.3) is 0 Å². The van der Waals surface area contributed by atoms with Crippen molar-refractivity contribution in [2.75, 3.05) is 11.9 Å². The van der Waals surface area contributed by atoms with Gasteiger partial charge in [-0.05, 0) is 54.7 Å². The van der Waals surface area contributed by atoms with Crippen LogP contribution in [0, 0.1) is 0 Å². The van der Waals surface area contributed by atoms with Gasteiger partial charge in [-0.25, -0.2) is 0 Å². The summed E-state index contributed by atoms with van der Waals surface area (Å²) >= 11 is 6.07. The molecule has 0 amide bonds. The van der Waals surface area contributed by atoms with Gasteiger partial charge in [-0.1, -0.05) is 36.7 Å². The number of benzene rings is 2. The standard InChI is InChI=1S/C18H20ClNO/c1-2-11-21-18-6-4-3-5-17(18)20-16-10-7-13-12-14(19)8-9-15(13)16/h3-6,8-9,12,16,20H,2,7,10-11H2,1H3. The molecule has 1 aliphatic rings. The number of halogens is 1. The maximum atomic E-state index is 6.07. The van der Waals surface area contributed by atoms with Crippen molar-refractivity contribution >= 4 is 17.3 Å². The van der Waals surface area contributed by atoms with Gasteiger partial charge in [-0.15, -0.1) is 0 Å². The predicted octanol–water partition coefficient (Wildman–Crippen LogP) is 5.23. The molecule has 0 saturated carbocycles. The van der Waals surface area contributed by atoms with Crippen molar-refractivity contribution in [1.29, 1.82) is 0 Å². The minimum atomic E-state index is 0.337.